The van der Waals surface area contributed by atoms with Gasteiger partial charge in [0.25, 0.3) is 0 Å². The second-order valence-electron chi connectivity index (χ2n) is 14.3. The molecule has 3 aromatic rings. The lowest BCUT2D eigenvalue weighted by Crippen LogP contribution is -2.63. The Morgan fingerprint density at radius 1 is 0.530 bits per heavy atom. The first-order valence-electron chi connectivity index (χ1n) is 19.7. The van der Waals surface area contributed by atoms with Crippen molar-refractivity contribution in [3.63, 3.8) is 0 Å². The van der Waals surface area contributed by atoms with Gasteiger partial charge in [-0.2, -0.15) is 0 Å². The summed E-state index contributed by atoms with van der Waals surface area (Å²) >= 11 is 0. The number of ether oxygens (including phenoxy) is 11. The van der Waals surface area contributed by atoms with Crippen LogP contribution in [0.1, 0.15) is 16.7 Å². The highest BCUT2D eigenvalue weighted by atomic mass is 16.8. The molecule has 358 valence electrons. The van der Waals surface area contributed by atoms with Crippen LogP contribution in [0.5, 0.6) is 46.0 Å². The van der Waals surface area contributed by atoms with E-state index in [1.54, 1.807) is 0 Å². The number of aliphatic hydroxyl groups is 5. The van der Waals surface area contributed by atoms with Crippen molar-refractivity contribution in [1.82, 2.24) is 0 Å². The van der Waals surface area contributed by atoms with E-state index in [2.05, 4.69) is 0 Å². The lowest BCUT2D eigenvalue weighted by molar-refractivity contribution is -0.328. The summed E-state index contributed by atoms with van der Waals surface area (Å²) in [6.07, 6.45) is -11.6. The molecule has 0 saturated carbocycles. The summed E-state index contributed by atoms with van der Waals surface area (Å²) in [6, 6.07) is 9.71. The third kappa shape index (κ3) is 12.2. The van der Waals surface area contributed by atoms with Gasteiger partial charge in [0.15, 0.2) is 53.0 Å². The van der Waals surface area contributed by atoms with Crippen LogP contribution in [0, 0.1) is 0 Å². The number of phenols is 3. The van der Waals surface area contributed by atoms with E-state index in [1.807, 2.05) is 0 Å². The number of aliphatic hydroxyl groups excluding tert-OH is 5. The van der Waals surface area contributed by atoms with Gasteiger partial charge >= 0.3 is 17.9 Å². The zero-order valence-electron chi connectivity index (χ0n) is 36.0. The molecule has 22 heteroatoms. The van der Waals surface area contributed by atoms with Gasteiger partial charge in [0.05, 0.1) is 48.8 Å². The molecule has 0 amide bonds. The van der Waals surface area contributed by atoms with Gasteiger partial charge < -0.3 is 93.0 Å². The summed E-state index contributed by atoms with van der Waals surface area (Å²) in [7, 11) is 6.53. The minimum absolute atomic E-state index is 0.0163. The standard InChI is InChI=1S/C44H50O22/c1-56-25-14-21(6-10-24(25)46)7-11-32(47)65-42-40(55)38(53)31(63-44(42)66-34(49)13-9-23-17-28(59-4)36(51)29(18-23)60-5)20-61-43-41(39(54)37(52)30(19-45)62-43)64-33(48)12-8-22-15-26(57-2)35(50)27(16-22)58-3/h6-18,30-31,37-46,50-55H,19-20H2,1-5H3/b11-7+,12-8+,13-9+. The summed E-state index contributed by atoms with van der Waals surface area (Å²) in [5, 5.41) is 84.5. The fourth-order valence-corrected chi connectivity index (χ4v) is 6.58. The SMILES string of the molecule is COc1cc(/C=C/C(=O)OC2C(OC(=O)/C=C/c3cc(OC)c(O)c(OC)c3)OC(COC3OC(CO)C(O)C(O)C3OC(=O)/C=C/c3cc(OC)c(O)c(OC)c3)C(O)C2O)ccc1O. The first kappa shape index (κ1) is 50.4. The highest BCUT2D eigenvalue weighted by Gasteiger charge is 2.51. The van der Waals surface area contributed by atoms with E-state index in [-0.39, 0.29) is 46.0 Å². The lowest BCUT2D eigenvalue weighted by Gasteiger charge is -2.43. The quantitative estimate of drug-likeness (QED) is 0.0491. The van der Waals surface area contributed by atoms with E-state index in [1.165, 1.54) is 96.2 Å². The molecule has 2 saturated heterocycles. The molecule has 0 aromatic heterocycles. The van der Waals surface area contributed by atoms with Gasteiger partial charge in [0.2, 0.25) is 17.8 Å². The molecule has 0 aliphatic carbocycles. The maximum Gasteiger partial charge on any atom is 0.333 e. The van der Waals surface area contributed by atoms with Gasteiger partial charge in [0, 0.05) is 18.2 Å². The maximum absolute atomic E-state index is 13.3. The zero-order valence-corrected chi connectivity index (χ0v) is 36.0. The molecule has 5 rings (SSSR count). The molecule has 0 radical (unpaired) electrons. The number of hydrogen-bond donors (Lipinski definition) is 8. The van der Waals surface area contributed by atoms with Gasteiger partial charge in [-0.15, -0.1) is 0 Å². The molecule has 8 N–H and O–H groups in total. The summed E-state index contributed by atoms with van der Waals surface area (Å²) in [4.78, 5) is 39.4. The van der Waals surface area contributed by atoms with E-state index >= 15 is 0 Å². The van der Waals surface area contributed by atoms with Gasteiger partial charge in [-0.3, -0.25) is 0 Å². The second kappa shape index (κ2) is 23.0. The van der Waals surface area contributed by atoms with Gasteiger partial charge in [-0.05, 0) is 71.3 Å². The van der Waals surface area contributed by atoms with E-state index < -0.39 is 92.5 Å². The molecule has 0 bridgehead atoms. The van der Waals surface area contributed by atoms with Gasteiger partial charge in [-0.1, -0.05) is 6.07 Å². The Kier molecular flexibility index (Phi) is 17.6. The van der Waals surface area contributed by atoms with Crippen molar-refractivity contribution in [2.75, 3.05) is 48.8 Å². The van der Waals surface area contributed by atoms with Gasteiger partial charge in [0.1, 0.15) is 36.6 Å². The molecule has 10 atom stereocenters. The predicted octanol–water partition coefficient (Wildman–Crippen LogP) is 0.556. The monoisotopic (exact) mass is 930 g/mol. The average Bonchev–Trinajstić information content (AvgIpc) is 3.31. The topological polar surface area (TPSA) is 315 Å². The lowest BCUT2D eigenvalue weighted by atomic mass is 9.98. The number of aromatic hydroxyl groups is 3. The summed E-state index contributed by atoms with van der Waals surface area (Å²) in [5.41, 5.74) is 1.01. The largest absolute Gasteiger partial charge is 0.504 e. The molecule has 2 aliphatic rings. The highest BCUT2D eigenvalue weighted by Crippen LogP contribution is 2.39. The van der Waals surface area contributed by atoms with E-state index in [4.69, 9.17) is 52.1 Å². The van der Waals surface area contributed by atoms with Crippen molar-refractivity contribution < 1.29 is 107 Å². The Morgan fingerprint density at radius 3 is 1.38 bits per heavy atom. The first-order chi connectivity index (χ1) is 31.5. The number of carbonyl (C=O) groups is 3. The number of carbonyl (C=O) groups excluding carboxylic acids is 3. The summed E-state index contributed by atoms with van der Waals surface area (Å²) in [5.74, 6) is -3.87. The minimum Gasteiger partial charge on any atom is -0.504 e. The molecule has 2 fully saturated rings. The van der Waals surface area contributed by atoms with Crippen LogP contribution in [0.15, 0.2) is 60.7 Å². The van der Waals surface area contributed by atoms with E-state index in [0.717, 1.165) is 18.2 Å². The van der Waals surface area contributed by atoms with Crippen LogP contribution in [0.2, 0.25) is 0 Å². The molecule has 10 unspecified atom stereocenters. The molecular weight excluding hydrogens is 880 g/mol. The fraction of sp³-hybridized carbons (Fsp3) is 0.386. The molecule has 3 aromatic carbocycles. The Morgan fingerprint density at radius 2 is 0.924 bits per heavy atom. The van der Waals surface area contributed by atoms with Crippen molar-refractivity contribution in [1.29, 1.82) is 0 Å². The molecule has 2 heterocycles. The molecule has 2 aliphatic heterocycles. The first-order valence-corrected chi connectivity index (χ1v) is 19.7. The Balaban J connectivity index is 1.36. The van der Waals surface area contributed by atoms with Crippen LogP contribution < -0.4 is 23.7 Å². The normalized spacial score (nSPS) is 25.4. The highest BCUT2D eigenvalue weighted by molar-refractivity contribution is 5.89. The van der Waals surface area contributed by atoms with E-state index in [9.17, 15) is 55.2 Å². The van der Waals surface area contributed by atoms with E-state index in [0.29, 0.717) is 16.7 Å². The van der Waals surface area contributed by atoms with Crippen molar-refractivity contribution in [3.05, 3.63) is 77.4 Å². The van der Waals surface area contributed by atoms with Crippen LogP contribution in [0.4, 0.5) is 0 Å². The summed E-state index contributed by atoms with van der Waals surface area (Å²) in [6.45, 7) is -1.61. The number of benzene rings is 3. The van der Waals surface area contributed by atoms with Gasteiger partial charge in [-0.25, -0.2) is 14.4 Å². The zero-order chi connectivity index (χ0) is 48.2. The fourth-order valence-electron chi connectivity index (χ4n) is 6.58. The predicted molar refractivity (Wildman–Crippen MR) is 224 cm³/mol. The number of hydrogen-bond acceptors (Lipinski definition) is 22. The molecular formula is C44H50O22. The maximum atomic E-state index is 13.3. The number of phenolic OH excluding ortho intramolecular Hbond substituents is 3. The Bertz CT molecular complexity index is 2210. The minimum atomic E-state index is -2.04. The number of esters is 3. The third-order valence-corrected chi connectivity index (χ3v) is 10.1. The third-order valence-electron chi connectivity index (χ3n) is 10.1. The Labute approximate surface area is 376 Å². The Hall–Kier alpha value is -6.63. The van der Waals surface area contributed by atoms with Crippen molar-refractivity contribution in [3.8, 4) is 46.0 Å². The van der Waals surface area contributed by atoms with Crippen LogP contribution in [-0.4, -0.2) is 169 Å². The number of methoxy groups -OCH3 is 5. The number of rotatable bonds is 18. The van der Waals surface area contributed by atoms with Crippen molar-refractivity contribution in [2.24, 2.45) is 0 Å². The van der Waals surface area contributed by atoms with Crippen LogP contribution in [0.25, 0.3) is 18.2 Å². The average molecular weight is 931 g/mol. The summed E-state index contributed by atoms with van der Waals surface area (Å²) < 4.78 is 59.1. The smallest absolute Gasteiger partial charge is 0.333 e. The van der Waals surface area contributed by atoms with Crippen LogP contribution in [0.3, 0.4) is 0 Å². The molecule has 66 heavy (non-hydrogen) atoms. The van der Waals surface area contributed by atoms with Crippen LogP contribution >= 0.6 is 0 Å². The van der Waals surface area contributed by atoms with Crippen molar-refractivity contribution >= 4 is 36.1 Å². The molecule has 0 spiro atoms. The molecule has 22 nitrogen and oxygen atoms in total. The van der Waals surface area contributed by atoms with Crippen molar-refractivity contribution in [2.45, 2.75) is 61.4 Å². The van der Waals surface area contributed by atoms with Crippen LogP contribution in [-0.2, 0) is 42.8 Å². The second-order valence-corrected chi connectivity index (χ2v) is 14.3.